The second-order valence-corrected chi connectivity index (χ2v) is 4.79. The fourth-order valence-corrected chi connectivity index (χ4v) is 2.32. The number of rotatable bonds is 5. The summed E-state index contributed by atoms with van der Waals surface area (Å²) in [6.07, 6.45) is 2.64. The Morgan fingerprint density at radius 2 is 2.00 bits per heavy atom. The summed E-state index contributed by atoms with van der Waals surface area (Å²) < 4.78 is 1.86. The lowest BCUT2D eigenvalue weighted by Gasteiger charge is -2.18. The summed E-state index contributed by atoms with van der Waals surface area (Å²) in [5.41, 5.74) is 8.11. The van der Waals surface area contributed by atoms with Crippen LogP contribution in [0.4, 0.5) is 5.69 Å². The van der Waals surface area contributed by atoms with Crippen molar-refractivity contribution >= 4 is 11.6 Å². The third kappa shape index (κ3) is 3.02. The number of hydrogen-bond donors (Lipinski definition) is 2. The Balaban J connectivity index is 2.17. The molecule has 106 valence electrons. The number of hydrogen-bond acceptors (Lipinski definition) is 2. The van der Waals surface area contributed by atoms with Gasteiger partial charge in [-0.25, -0.2) is 0 Å². The Kier molecular flexibility index (Phi) is 4.45. The summed E-state index contributed by atoms with van der Waals surface area (Å²) in [6, 6.07) is 11.7. The highest BCUT2D eigenvalue weighted by Gasteiger charge is 2.17. The maximum atomic E-state index is 12.4. The highest BCUT2D eigenvalue weighted by Crippen LogP contribution is 2.18. The van der Waals surface area contributed by atoms with Crippen molar-refractivity contribution in [1.29, 1.82) is 0 Å². The SMILES string of the molecule is CCC(NC(=O)c1cc(N)cn1CC)c1ccccc1. The van der Waals surface area contributed by atoms with E-state index in [2.05, 4.69) is 12.2 Å². The van der Waals surface area contributed by atoms with Crippen LogP contribution in [0.1, 0.15) is 42.4 Å². The largest absolute Gasteiger partial charge is 0.397 e. The van der Waals surface area contributed by atoms with Crippen LogP contribution in [0.15, 0.2) is 42.6 Å². The normalized spacial score (nSPS) is 12.1. The molecule has 0 radical (unpaired) electrons. The van der Waals surface area contributed by atoms with Crippen molar-refractivity contribution in [3.8, 4) is 0 Å². The van der Waals surface area contributed by atoms with Crippen LogP contribution in [-0.2, 0) is 6.54 Å². The minimum absolute atomic E-state index is 0.0186. The minimum Gasteiger partial charge on any atom is -0.397 e. The average Bonchev–Trinajstić information content (AvgIpc) is 2.86. The Morgan fingerprint density at radius 1 is 1.30 bits per heavy atom. The lowest BCUT2D eigenvalue weighted by atomic mass is 10.0. The zero-order valence-corrected chi connectivity index (χ0v) is 12.0. The van der Waals surface area contributed by atoms with Gasteiger partial charge in [0.15, 0.2) is 0 Å². The lowest BCUT2D eigenvalue weighted by Crippen LogP contribution is -2.29. The smallest absolute Gasteiger partial charge is 0.268 e. The third-order valence-electron chi connectivity index (χ3n) is 3.41. The van der Waals surface area contributed by atoms with Gasteiger partial charge in [-0.05, 0) is 25.0 Å². The van der Waals surface area contributed by atoms with Gasteiger partial charge in [0.1, 0.15) is 5.69 Å². The first kappa shape index (κ1) is 14.2. The van der Waals surface area contributed by atoms with Crippen molar-refractivity contribution in [2.24, 2.45) is 0 Å². The van der Waals surface area contributed by atoms with E-state index in [1.54, 1.807) is 12.3 Å². The van der Waals surface area contributed by atoms with Gasteiger partial charge in [-0.3, -0.25) is 4.79 Å². The molecule has 4 heteroatoms. The number of nitrogen functional groups attached to an aromatic ring is 1. The van der Waals surface area contributed by atoms with Crippen LogP contribution in [0.3, 0.4) is 0 Å². The fourth-order valence-electron chi connectivity index (χ4n) is 2.32. The van der Waals surface area contributed by atoms with Crippen molar-refractivity contribution in [3.05, 3.63) is 53.9 Å². The minimum atomic E-state index is -0.0840. The number of nitrogens with zero attached hydrogens (tertiary/aromatic N) is 1. The van der Waals surface area contributed by atoms with Gasteiger partial charge in [0.2, 0.25) is 0 Å². The zero-order valence-electron chi connectivity index (χ0n) is 12.0. The van der Waals surface area contributed by atoms with Crippen LogP contribution < -0.4 is 11.1 Å². The van der Waals surface area contributed by atoms with E-state index in [1.807, 2.05) is 41.8 Å². The topological polar surface area (TPSA) is 60.1 Å². The number of anilines is 1. The first-order valence-corrected chi connectivity index (χ1v) is 6.97. The number of benzene rings is 1. The van der Waals surface area contributed by atoms with Gasteiger partial charge >= 0.3 is 0 Å². The van der Waals surface area contributed by atoms with E-state index < -0.39 is 0 Å². The molecule has 2 aromatic rings. The molecule has 2 rings (SSSR count). The van der Waals surface area contributed by atoms with Crippen molar-refractivity contribution in [1.82, 2.24) is 9.88 Å². The van der Waals surface area contributed by atoms with Crippen molar-refractivity contribution in [2.75, 3.05) is 5.73 Å². The molecule has 1 aromatic carbocycles. The molecular formula is C16H21N3O. The molecule has 1 unspecified atom stereocenters. The lowest BCUT2D eigenvalue weighted by molar-refractivity contribution is 0.0926. The van der Waals surface area contributed by atoms with E-state index in [1.165, 1.54) is 0 Å². The monoisotopic (exact) mass is 271 g/mol. The van der Waals surface area contributed by atoms with Gasteiger partial charge in [0, 0.05) is 12.7 Å². The summed E-state index contributed by atoms with van der Waals surface area (Å²) in [7, 11) is 0. The van der Waals surface area contributed by atoms with Crippen LogP contribution in [0.5, 0.6) is 0 Å². The van der Waals surface area contributed by atoms with E-state index in [4.69, 9.17) is 5.73 Å². The number of carbonyl (C=O) groups excluding carboxylic acids is 1. The molecule has 4 nitrogen and oxygen atoms in total. The van der Waals surface area contributed by atoms with Gasteiger partial charge in [0.05, 0.1) is 11.7 Å². The Bertz CT molecular complexity index is 575. The molecule has 0 saturated heterocycles. The highest BCUT2D eigenvalue weighted by atomic mass is 16.2. The van der Waals surface area contributed by atoms with Crippen molar-refractivity contribution in [2.45, 2.75) is 32.9 Å². The Labute approximate surface area is 119 Å². The highest BCUT2D eigenvalue weighted by molar-refractivity contribution is 5.94. The number of nitrogens with two attached hydrogens (primary N) is 1. The third-order valence-corrected chi connectivity index (χ3v) is 3.41. The standard InChI is InChI=1S/C16H21N3O/c1-3-14(12-8-6-5-7-9-12)18-16(20)15-10-13(17)11-19(15)4-2/h5-11,14H,3-4,17H2,1-2H3,(H,18,20). The summed E-state index contributed by atoms with van der Waals surface area (Å²) in [5, 5.41) is 3.07. The molecule has 0 aliphatic carbocycles. The van der Waals surface area contributed by atoms with Crippen LogP contribution in [0, 0.1) is 0 Å². The number of aromatic nitrogens is 1. The summed E-state index contributed by atoms with van der Waals surface area (Å²) in [6.45, 7) is 4.78. The maximum Gasteiger partial charge on any atom is 0.268 e. The molecule has 0 fully saturated rings. The zero-order chi connectivity index (χ0) is 14.5. The second kappa shape index (κ2) is 6.28. The van der Waals surface area contributed by atoms with E-state index in [-0.39, 0.29) is 11.9 Å². The van der Waals surface area contributed by atoms with Gasteiger partial charge in [-0.1, -0.05) is 37.3 Å². The van der Waals surface area contributed by atoms with Crippen molar-refractivity contribution < 1.29 is 4.79 Å². The van der Waals surface area contributed by atoms with Gasteiger partial charge in [-0.2, -0.15) is 0 Å². The predicted molar refractivity (Wildman–Crippen MR) is 81.5 cm³/mol. The van der Waals surface area contributed by atoms with Crippen LogP contribution in [0.2, 0.25) is 0 Å². The Hall–Kier alpha value is -2.23. The maximum absolute atomic E-state index is 12.4. The predicted octanol–water partition coefficient (Wildman–Crippen LogP) is 2.97. The van der Waals surface area contributed by atoms with Gasteiger partial charge in [0.25, 0.3) is 5.91 Å². The molecule has 1 atom stereocenters. The summed E-state index contributed by atoms with van der Waals surface area (Å²) in [4.78, 5) is 12.4. The molecule has 0 aliphatic heterocycles. The molecule has 20 heavy (non-hydrogen) atoms. The van der Waals surface area contributed by atoms with E-state index in [0.29, 0.717) is 11.4 Å². The van der Waals surface area contributed by atoms with E-state index >= 15 is 0 Å². The van der Waals surface area contributed by atoms with Crippen molar-refractivity contribution in [3.63, 3.8) is 0 Å². The molecule has 3 N–H and O–H groups in total. The number of carbonyl (C=O) groups is 1. The number of amides is 1. The average molecular weight is 271 g/mol. The first-order valence-electron chi connectivity index (χ1n) is 6.97. The van der Waals surface area contributed by atoms with Crippen LogP contribution in [0.25, 0.3) is 0 Å². The van der Waals surface area contributed by atoms with Gasteiger partial charge < -0.3 is 15.6 Å². The molecule has 1 heterocycles. The quantitative estimate of drug-likeness (QED) is 0.878. The molecule has 0 aliphatic rings. The molecule has 0 saturated carbocycles. The second-order valence-electron chi connectivity index (χ2n) is 4.79. The Morgan fingerprint density at radius 3 is 2.60 bits per heavy atom. The summed E-state index contributed by atoms with van der Waals surface area (Å²) in [5.74, 6) is -0.0840. The van der Waals surface area contributed by atoms with Gasteiger partial charge in [-0.15, -0.1) is 0 Å². The molecule has 1 amide bonds. The molecule has 1 aromatic heterocycles. The molecular weight excluding hydrogens is 250 g/mol. The first-order chi connectivity index (χ1) is 9.65. The fraction of sp³-hybridized carbons (Fsp3) is 0.312. The molecule has 0 bridgehead atoms. The molecule has 0 spiro atoms. The van der Waals surface area contributed by atoms with Crippen LogP contribution in [-0.4, -0.2) is 10.5 Å². The van der Waals surface area contributed by atoms with E-state index in [0.717, 1.165) is 18.5 Å². The summed E-state index contributed by atoms with van der Waals surface area (Å²) >= 11 is 0. The van der Waals surface area contributed by atoms with Crippen LogP contribution >= 0.6 is 0 Å². The number of nitrogens with one attached hydrogen (secondary N) is 1. The van der Waals surface area contributed by atoms with E-state index in [9.17, 15) is 4.79 Å². The number of aryl methyl sites for hydroxylation is 1.